The third-order valence-electron chi connectivity index (χ3n) is 6.24. The van der Waals surface area contributed by atoms with Gasteiger partial charge in [0.25, 0.3) is 5.91 Å². The average Bonchev–Trinajstić information content (AvgIpc) is 3.17. The molecular formula is C26H27N5O3. The van der Waals surface area contributed by atoms with E-state index in [4.69, 9.17) is 5.73 Å². The van der Waals surface area contributed by atoms with Crippen molar-refractivity contribution in [3.8, 4) is 0 Å². The fourth-order valence-electron chi connectivity index (χ4n) is 3.94. The first-order chi connectivity index (χ1) is 16.0. The van der Waals surface area contributed by atoms with Crippen LogP contribution in [-0.2, 0) is 20.4 Å². The van der Waals surface area contributed by atoms with Gasteiger partial charge < -0.3 is 21.7 Å². The highest BCUT2D eigenvalue weighted by Crippen LogP contribution is 2.39. The summed E-state index contributed by atoms with van der Waals surface area (Å²) in [6, 6.07) is 14.2. The van der Waals surface area contributed by atoms with Crippen LogP contribution < -0.4 is 21.7 Å². The summed E-state index contributed by atoms with van der Waals surface area (Å²) in [7, 11) is 0. The summed E-state index contributed by atoms with van der Waals surface area (Å²) < 4.78 is 0. The zero-order valence-corrected chi connectivity index (χ0v) is 19.5. The second kappa shape index (κ2) is 8.30. The van der Waals surface area contributed by atoms with E-state index in [1.54, 1.807) is 36.7 Å². The summed E-state index contributed by atoms with van der Waals surface area (Å²) in [5, 5.41) is 8.50. The maximum Gasteiger partial charge on any atom is 0.255 e. The van der Waals surface area contributed by atoms with Gasteiger partial charge in [-0.2, -0.15) is 0 Å². The fourth-order valence-corrected chi connectivity index (χ4v) is 3.94. The van der Waals surface area contributed by atoms with Crippen LogP contribution in [0.5, 0.6) is 0 Å². The van der Waals surface area contributed by atoms with Gasteiger partial charge in [0.2, 0.25) is 11.8 Å². The molecular weight excluding hydrogens is 430 g/mol. The maximum absolute atomic E-state index is 12.1. The quantitative estimate of drug-likeness (QED) is 0.432. The Morgan fingerprint density at radius 1 is 0.824 bits per heavy atom. The molecule has 0 atom stereocenters. The molecule has 3 aromatic rings. The minimum atomic E-state index is -0.591. The maximum atomic E-state index is 12.1. The van der Waals surface area contributed by atoms with E-state index in [1.165, 1.54) is 0 Å². The lowest BCUT2D eigenvalue weighted by Gasteiger charge is -2.16. The van der Waals surface area contributed by atoms with E-state index >= 15 is 0 Å². The number of rotatable bonds is 2. The largest absolute Gasteiger partial charge is 0.399 e. The van der Waals surface area contributed by atoms with Crippen molar-refractivity contribution in [3.63, 3.8) is 0 Å². The molecule has 2 aromatic carbocycles. The van der Waals surface area contributed by atoms with Gasteiger partial charge in [0.05, 0.1) is 10.8 Å². The van der Waals surface area contributed by atoms with E-state index in [0.29, 0.717) is 16.9 Å². The first-order valence-electron chi connectivity index (χ1n) is 10.9. The number of nitrogens with one attached hydrogen (secondary N) is 3. The number of benzene rings is 2. The standard InChI is InChI=1S/C16H15N3O2.C10H12N2O/c1-16(2)12-9-11(3-4-13(12)19-15(16)21)18-14(20)10-5-7-17-8-6-10;1-10(2)7-5-6(11)3-4-8(7)12-9(10)13/h3-9H,1-2H3,(H,18,20)(H,19,21);3-5H,11H2,1-2H3,(H,12,13). The molecule has 0 fully saturated rings. The van der Waals surface area contributed by atoms with Crippen molar-refractivity contribution < 1.29 is 14.4 Å². The number of anilines is 4. The number of amides is 3. The lowest BCUT2D eigenvalue weighted by atomic mass is 9.86. The molecule has 34 heavy (non-hydrogen) atoms. The van der Waals surface area contributed by atoms with Crippen molar-refractivity contribution in [2.24, 2.45) is 0 Å². The molecule has 1 aromatic heterocycles. The monoisotopic (exact) mass is 457 g/mol. The van der Waals surface area contributed by atoms with E-state index in [-0.39, 0.29) is 17.7 Å². The predicted molar refractivity (Wildman–Crippen MR) is 133 cm³/mol. The van der Waals surface area contributed by atoms with Crippen LogP contribution in [0.1, 0.15) is 49.2 Å². The summed E-state index contributed by atoms with van der Waals surface area (Å²) in [6.45, 7) is 7.52. The first kappa shape index (κ1) is 23.0. The average molecular weight is 458 g/mol. The smallest absolute Gasteiger partial charge is 0.255 e. The number of pyridine rings is 1. The summed E-state index contributed by atoms with van der Waals surface area (Å²) >= 11 is 0. The number of carbonyl (C=O) groups excluding carboxylic acids is 3. The minimum Gasteiger partial charge on any atom is -0.399 e. The Hall–Kier alpha value is -4.20. The van der Waals surface area contributed by atoms with Crippen LogP contribution in [0, 0.1) is 0 Å². The number of nitrogens with two attached hydrogens (primary N) is 1. The van der Waals surface area contributed by atoms with E-state index in [1.807, 2.05) is 52.0 Å². The molecule has 5 N–H and O–H groups in total. The number of fused-ring (bicyclic) bond motifs is 2. The third-order valence-corrected chi connectivity index (χ3v) is 6.24. The minimum absolute atomic E-state index is 0.0323. The van der Waals surface area contributed by atoms with Crippen molar-refractivity contribution in [1.29, 1.82) is 0 Å². The second-order valence-corrected chi connectivity index (χ2v) is 9.41. The van der Waals surface area contributed by atoms with Gasteiger partial charge in [0, 0.05) is 40.7 Å². The lowest BCUT2D eigenvalue weighted by Crippen LogP contribution is -2.26. The highest BCUT2D eigenvalue weighted by Gasteiger charge is 2.39. The van der Waals surface area contributed by atoms with E-state index in [9.17, 15) is 14.4 Å². The van der Waals surface area contributed by atoms with E-state index in [0.717, 1.165) is 22.5 Å². The molecule has 3 amide bonds. The van der Waals surface area contributed by atoms with Crippen LogP contribution in [0.15, 0.2) is 60.9 Å². The van der Waals surface area contributed by atoms with Gasteiger partial charge in [-0.15, -0.1) is 0 Å². The normalized spacial score (nSPS) is 16.4. The van der Waals surface area contributed by atoms with Gasteiger partial charge in [-0.3, -0.25) is 19.4 Å². The SMILES string of the molecule is CC1(C)C(=O)Nc2ccc(N)cc21.CC1(C)C(=O)Nc2ccc(NC(=O)c3ccncc3)cc21. The molecule has 0 saturated heterocycles. The summed E-state index contributed by atoms with van der Waals surface area (Å²) in [4.78, 5) is 39.4. The van der Waals surface area contributed by atoms with Gasteiger partial charge in [0.1, 0.15) is 0 Å². The molecule has 2 aliphatic heterocycles. The van der Waals surface area contributed by atoms with Crippen LogP contribution in [0.2, 0.25) is 0 Å². The molecule has 3 heterocycles. The Kier molecular flexibility index (Phi) is 5.61. The molecule has 0 bridgehead atoms. The molecule has 0 spiro atoms. The Balaban J connectivity index is 0.000000180. The second-order valence-electron chi connectivity index (χ2n) is 9.41. The van der Waals surface area contributed by atoms with Gasteiger partial charge in [0.15, 0.2) is 0 Å². The van der Waals surface area contributed by atoms with Crippen LogP contribution in [0.3, 0.4) is 0 Å². The third kappa shape index (κ3) is 4.10. The molecule has 5 rings (SSSR count). The fraction of sp³-hybridized carbons (Fsp3) is 0.231. The van der Waals surface area contributed by atoms with E-state index < -0.39 is 10.8 Å². The van der Waals surface area contributed by atoms with Crippen LogP contribution in [-0.4, -0.2) is 22.7 Å². The molecule has 0 radical (unpaired) electrons. The van der Waals surface area contributed by atoms with Crippen molar-refractivity contribution >= 4 is 40.5 Å². The molecule has 0 aliphatic carbocycles. The van der Waals surface area contributed by atoms with Gasteiger partial charge >= 0.3 is 0 Å². The number of nitrogens with zero attached hydrogens (tertiary/aromatic N) is 1. The molecule has 2 aliphatic rings. The Morgan fingerprint density at radius 2 is 1.35 bits per heavy atom. The van der Waals surface area contributed by atoms with Crippen LogP contribution in [0.4, 0.5) is 22.7 Å². The number of nitrogen functional groups attached to an aromatic ring is 1. The molecule has 0 saturated carbocycles. The zero-order chi connectivity index (χ0) is 24.7. The van der Waals surface area contributed by atoms with Crippen molar-refractivity contribution in [1.82, 2.24) is 4.98 Å². The topological polar surface area (TPSA) is 126 Å². The number of aromatic nitrogens is 1. The first-order valence-corrected chi connectivity index (χ1v) is 10.9. The molecule has 8 heteroatoms. The molecule has 8 nitrogen and oxygen atoms in total. The summed E-state index contributed by atoms with van der Waals surface area (Å²) in [5.41, 5.74) is 10.1. The van der Waals surface area contributed by atoms with Crippen molar-refractivity contribution in [2.75, 3.05) is 21.7 Å². The molecule has 0 unspecified atom stereocenters. The highest BCUT2D eigenvalue weighted by molar-refractivity contribution is 6.08. The van der Waals surface area contributed by atoms with Crippen molar-refractivity contribution in [2.45, 2.75) is 38.5 Å². The van der Waals surface area contributed by atoms with Gasteiger partial charge in [-0.25, -0.2) is 0 Å². The number of carbonyl (C=O) groups is 3. The van der Waals surface area contributed by atoms with Crippen LogP contribution in [0.25, 0.3) is 0 Å². The Morgan fingerprint density at radius 3 is 1.94 bits per heavy atom. The number of hydrogen-bond acceptors (Lipinski definition) is 5. The van der Waals surface area contributed by atoms with Crippen LogP contribution >= 0.6 is 0 Å². The zero-order valence-electron chi connectivity index (χ0n) is 19.5. The van der Waals surface area contributed by atoms with Gasteiger partial charge in [-0.1, -0.05) is 0 Å². The Bertz CT molecular complexity index is 1300. The summed E-state index contributed by atoms with van der Waals surface area (Å²) in [5.74, 6) is -0.198. The molecule has 174 valence electrons. The Labute approximate surface area is 198 Å². The van der Waals surface area contributed by atoms with Gasteiger partial charge in [-0.05, 0) is 87.4 Å². The number of hydrogen-bond donors (Lipinski definition) is 4. The predicted octanol–water partition coefficient (Wildman–Crippen LogP) is 4.06. The van der Waals surface area contributed by atoms with Crippen molar-refractivity contribution in [3.05, 3.63) is 77.6 Å². The highest BCUT2D eigenvalue weighted by atomic mass is 16.2. The summed E-state index contributed by atoms with van der Waals surface area (Å²) in [6.07, 6.45) is 3.15. The van der Waals surface area contributed by atoms with E-state index in [2.05, 4.69) is 20.9 Å². The lowest BCUT2D eigenvalue weighted by molar-refractivity contribution is -0.120.